The summed E-state index contributed by atoms with van der Waals surface area (Å²) in [6, 6.07) is 26.0. The van der Waals surface area contributed by atoms with Crippen molar-refractivity contribution in [2.24, 2.45) is 0 Å². The van der Waals surface area contributed by atoms with E-state index in [1.54, 1.807) is 30.3 Å². The van der Waals surface area contributed by atoms with E-state index in [0.717, 1.165) is 27.9 Å². The zero-order chi connectivity index (χ0) is 34.4. The normalized spacial score (nSPS) is 13.4. The van der Waals surface area contributed by atoms with Crippen LogP contribution in [0.15, 0.2) is 106 Å². The SMILES string of the molecule is C.Clc1cccc(C2=CCCc3ccc(Br)cc32)c1.O=S(=O)(OC1=CCCc2ccc(Br)cc21)C(F)(F)F.OB(O)c1cccc(Cl)c1. The summed E-state index contributed by atoms with van der Waals surface area (Å²) in [7, 11) is -7.07. The zero-order valence-electron chi connectivity index (χ0n) is 24.3. The summed E-state index contributed by atoms with van der Waals surface area (Å²) < 4.78 is 64.9. The van der Waals surface area contributed by atoms with Crippen LogP contribution >= 0.6 is 55.1 Å². The van der Waals surface area contributed by atoms with Gasteiger partial charge in [0.15, 0.2) is 0 Å². The number of hydrogen-bond donors (Lipinski definition) is 2. The van der Waals surface area contributed by atoms with Gasteiger partial charge in [0.2, 0.25) is 0 Å². The number of hydrogen-bond acceptors (Lipinski definition) is 5. The topological polar surface area (TPSA) is 83.8 Å². The van der Waals surface area contributed by atoms with E-state index in [0.29, 0.717) is 33.4 Å². The highest BCUT2D eigenvalue weighted by Crippen LogP contribution is 2.36. The molecule has 0 bridgehead atoms. The van der Waals surface area contributed by atoms with E-state index in [4.69, 9.17) is 33.2 Å². The fourth-order valence-corrected chi connectivity index (χ4v) is 6.40. The summed E-state index contributed by atoms with van der Waals surface area (Å²) in [5.41, 5.74) is 1.30. The molecule has 0 spiro atoms. The molecular formula is C34H30BBr2Cl2F3O5S. The van der Waals surface area contributed by atoms with Crippen LogP contribution < -0.4 is 5.46 Å². The van der Waals surface area contributed by atoms with E-state index in [-0.39, 0.29) is 13.2 Å². The Bertz CT molecular complexity index is 1920. The average Bonchev–Trinajstić information content (AvgIpc) is 3.01. The molecule has 0 saturated heterocycles. The number of alkyl halides is 3. The standard InChI is InChI=1S/C16H12BrCl.C11H8BrF3O3S.C6H6BClO2.CH4/c17-13-8-7-11-3-2-6-15(16(11)10-13)12-4-1-5-14(18)9-12;12-8-5-4-7-2-1-3-10(9(7)6-8)18-19(16,17)11(13,14)15;8-6-3-1-2-5(4-6)7(9)10;/h1,4-10H,2-3H2;3-6H,1-2H2;1-4,9-10H;1H4. The second kappa shape index (κ2) is 17.4. The van der Waals surface area contributed by atoms with Crippen molar-refractivity contribution in [3.05, 3.63) is 144 Å². The van der Waals surface area contributed by atoms with Gasteiger partial charge in [-0.25, -0.2) is 0 Å². The first-order chi connectivity index (χ1) is 22.1. The van der Waals surface area contributed by atoms with Gasteiger partial charge in [-0.2, -0.15) is 21.6 Å². The fourth-order valence-electron chi connectivity index (χ4n) is 4.81. The number of rotatable bonds is 4. The maximum Gasteiger partial charge on any atom is 0.534 e. The third kappa shape index (κ3) is 10.7. The van der Waals surface area contributed by atoms with E-state index in [1.807, 2.05) is 18.2 Å². The molecule has 0 heterocycles. The summed E-state index contributed by atoms with van der Waals surface area (Å²) in [5, 5.41) is 18.6. The van der Waals surface area contributed by atoms with Gasteiger partial charge in [0, 0.05) is 24.6 Å². The highest BCUT2D eigenvalue weighted by Gasteiger charge is 2.49. The Kier molecular flexibility index (Phi) is 14.4. The third-order valence-corrected chi connectivity index (χ3v) is 9.39. The minimum absolute atomic E-state index is 0. The number of aryl methyl sites for hydroxylation is 2. The van der Waals surface area contributed by atoms with Gasteiger partial charge >= 0.3 is 22.7 Å². The number of fused-ring (bicyclic) bond motifs is 2. The predicted molar refractivity (Wildman–Crippen MR) is 196 cm³/mol. The van der Waals surface area contributed by atoms with Crippen LogP contribution in [-0.2, 0) is 27.1 Å². The Morgan fingerprint density at radius 1 is 0.750 bits per heavy atom. The van der Waals surface area contributed by atoms with Crippen molar-refractivity contribution in [2.75, 3.05) is 0 Å². The Morgan fingerprint density at radius 3 is 1.83 bits per heavy atom. The lowest BCUT2D eigenvalue weighted by atomic mass is 9.81. The third-order valence-electron chi connectivity index (χ3n) is 6.97. The molecule has 0 atom stereocenters. The molecule has 5 nitrogen and oxygen atoms in total. The summed E-state index contributed by atoms with van der Waals surface area (Å²) in [6.07, 6.45) is 6.92. The van der Waals surface area contributed by atoms with Crippen LogP contribution in [0.3, 0.4) is 0 Å². The highest BCUT2D eigenvalue weighted by molar-refractivity contribution is 9.10. The van der Waals surface area contributed by atoms with Gasteiger partial charge in [0.05, 0.1) is 0 Å². The molecule has 4 aromatic carbocycles. The van der Waals surface area contributed by atoms with Gasteiger partial charge in [0.1, 0.15) is 5.76 Å². The molecule has 4 aromatic rings. The smallest absolute Gasteiger partial charge is 0.423 e. The van der Waals surface area contributed by atoms with Crippen molar-refractivity contribution in [1.82, 2.24) is 0 Å². The Morgan fingerprint density at radius 2 is 1.29 bits per heavy atom. The van der Waals surface area contributed by atoms with Gasteiger partial charge in [-0.15, -0.1) is 0 Å². The van der Waals surface area contributed by atoms with E-state index >= 15 is 0 Å². The van der Waals surface area contributed by atoms with Crippen molar-refractivity contribution < 1.29 is 35.8 Å². The predicted octanol–water partition coefficient (Wildman–Crippen LogP) is 9.74. The molecule has 0 saturated carbocycles. The van der Waals surface area contributed by atoms with Crippen LogP contribution in [-0.4, -0.2) is 31.1 Å². The molecule has 254 valence electrons. The van der Waals surface area contributed by atoms with Crippen LogP contribution in [0.2, 0.25) is 10.0 Å². The maximum atomic E-state index is 12.3. The van der Waals surface area contributed by atoms with Gasteiger partial charge in [-0.05, 0) is 114 Å². The van der Waals surface area contributed by atoms with Crippen LogP contribution in [0, 0.1) is 0 Å². The van der Waals surface area contributed by atoms with Crippen LogP contribution in [0.5, 0.6) is 0 Å². The molecule has 0 unspecified atom stereocenters. The minimum atomic E-state index is -5.64. The lowest BCUT2D eigenvalue weighted by Crippen LogP contribution is -2.29. The quantitative estimate of drug-likeness (QED) is 0.122. The molecule has 2 aliphatic rings. The second-order valence-electron chi connectivity index (χ2n) is 10.3. The molecule has 0 aliphatic heterocycles. The van der Waals surface area contributed by atoms with E-state index in [2.05, 4.69) is 66.4 Å². The summed E-state index contributed by atoms with van der Waals surface area (Å²) in [5.74, 6) is -0.278. The molecule has 0 aromatic heterocycles. The van der Waals surface area contributed by atoms with Gasteiger partial charge in [-0.1, -0.05) is 105 Å². The van der Waals surface area contributed by atoms with E-state index in [9.17, 15) is 21.6 Å². The highest BCUT2D eigenvalue weighted by atomic mass is 79.9. The van der Waals surface area contributed by atoms with Gasteiger partial charge in [-0.3, -0.25) is 0 Å². The fraction of sp³-hybridized carbons (Fsp3) is 0.176. The first-order valence-corrected chi connectivity index (χ1v) is 17.8. The Labute approximate surface area is 305 Å². The van der Waals surface area contributed by atoms with Crippen molar-refractivity contribution >= 4 is 89.1 Å². The van der Waals surface area contributed by atoms with Crippen molar-refractivity contribution in [3.63, 3.8) is 0 Å². The van der Waals surface area contributed by atoms with Gasteiger partial charge in [0.25, 0.3) is 0 Å². The molecule has 0 fully saturated rings. The molecule has 0 radical (unpaired) electrons. The maximum absolute atomic E-state index is 12.3. The van der Waals surface area contributed by atoms with E-state index < -0.39 is 22.7 Å². The van der Waals surface area contributed by atoms with Crippen LogP contribution in [0.25, 0.3) is 11.3 Å². The minimum Gasteiger partial charge on any atom is -0.423 e. The molecule has 2 N–H and O–H groups in total. The Hall–Kier alpha value is -2.58. The summed E-state index contributed by atoms with van der Waals surface area (Å²) in [4.78, 5) is 0. The van der Waals surface area contributed by atoms with Crippen molar-refractivity contribution in [3.8, 4) is 0 Å². The second-order valence-corrected chi connectivity index (χ2v) is 14.5. The number of halogens is 7. The molecule has 48 heavy (non-hydrogen) atoms. The van der Waals surface area contributed by atoms with Crippen molar-refractivity contribution in [2.45, 2.75) is 38.6 Å². The molecule has 0 amide bonds. The van der Waals surface area contributed by atoms with E-state index in [1.165, 1.54) is 40.5 Å². The summed E-state index contributed by atoms with van der Waals surface area (Å²) in [6.45, 7) is 0. The van der Waals surface area contributed by atoms with Crippen molar-refractivity contribution in [1.29, 1.82) is 0 Å². The lowest BCUT2D eigenvalue weighted by molar-refractivity contribution is -0.0509. The first kappa shape index (κ1) is 39.9. The lowest BCUT2D eigenvalue weighted by Gasteiger charge is -2.18. The number of allylic oxidation sites excluding steroid dienone is 2. The zero-order valence-corrected chi connectivity index (χ0v) is 29.8. The average molecular weight is 849 g/mol. The number of benzene rings is 4. The summed E-state index contributed by atoms with van der Waals surface area (Å²) >= 11 is 18.4. The molecular weight excluding hydrogens is 819 g/mol. The monoisotopic (exact) mass is 846 g/mol. The first-order valence-electron chi connectivity index (χ1n) is 14.0. The molecule has 14 heteroatoms. The Balaban J connectivity index is 0.000000202. The molecule has 2 aliphatic carbocycles. The van der Waals surface area contributed by atoms with Crippen LogP contribution in [0.4, 0.5) is 13.2 Å². The van der Waals surface area contributed by atoms with Crippen LogP contribution in [0.1, 0.15) is 48.1 Å². The largest absolute Gasteiger partial charge is 0.534 e. The molecule has 6 rings (SSSR count). The van der Waals surface area contributed by atoms with Gasteiger partial charge < -0.3 is 14.2 Å².